The summed E-state index contributed by atoms with van der Waals surface area (Å²) in [6.45, 7) is 2.74. The van der Waals surface area contributed by atoms with Crippen molar-refractivity contribution in [3.63, 3.8) is 0 Å². The van der Waals surface area contributed by atoms with Crippen LogP contribution < -0.4 is 5.32 Å². The van der Waals surface area contributed by atoms with Gasteiger partial charge in [0.1, 0.15) is 5.82 Å². The highest BCUT2D eigenvalue weighted by Gasteiger charge is 2.25. The first kappa shape index (κ1) is 11.8. The summed E-state index contributed by atoms with van der Waals surface area (Å²) in [4.78, 5) is 23.0. The second-order valence-corrected chi connectivity index (χ2v) is 4.23. The van der Waals surface area contributed by atoms with Crippen molar-refractivity contribution in [2.24, 2.45) is 0 Å². The van der Waals surface area contributed by atoms with E-state index >= 15 is 0 Å². The summed E-state index contributed by atoms with van der Waals surface area (Å²) in [6.07, 6.45) is 2.38. The number of nitrogens with one attached hydrogen (secondary N) is 3. The van der Waals surface area contributed by atoms with Crippen molar-refractivity contribution in [3.05, 3.63) is 29.4 Å². The standard InChI is InChI=1S/C11H14N6O2/c1-2-19-11(18)10-15-9(16-17-10)7-3-6-8(4-12-7)14-5-13-6/h5,7,12H,2-4H2,1H3,(H,13,14)(H,15,16,17). The molecule has 8 nitrogen and oxygen atoms in total. The smallest absolute Gasteiger partial charge is 0.378 e. The van der Waals surface area contributed by atoms with Gasteiger partial charge in [-0.25, -0.2) is 14.8 Å². The van der Waals surface area contributed by atoms with E-state index in [4.69, 9.17) is 4.74 Å². The van der Waals surface area contributed by atoms with Gasteiger partial charge in [-0.3, -0.25) is 5.10 Å². The molecule has 0 saturated carbocycles. The third-order valence-corrected chi connectivity index (χ3v) is 3.02. The summed E-state index contributed by atoms with van der Waals surface area (Å²) in [5, 5.41) is 9.95. The highest BCUT2D eigenvalue weighted by atomic mass is 16.5. The summed E-state index contributed by atoms with van der Waals surface area (Å²) in [5.74, 6) is 0.171. The molecule has 0 saturated heterocycles. The number of nitrogens with zero attached hydrogens (tertiary/aromatic N) is 3. The molecule has 0 bridgehead atoms. The number of carbonyl (C=O) groups excluding carboxylic acids is 1. The normalized spacial score (nSPS) is 18.1. The van der Waals surface area contributed by atoms with Crippen molar-refractivity contribution in [1.82, 2.24) is 30.5 Å². The molecule has 1 aliphatic heterocycles. The van der Waals surface area contributed by atoms with Crippen molar-refractivity contribution in [3.8, 4) is 0 Å². The molecule has 0 aromatic carbocycles. The van der Waals surface area contributed by atoms with Gasteiger partial charge in [0.25, 0.3) is 5.82 Å². The molecule has 1 atom stereocenters. The number of ether oxygens (including phenoxy) is 1. The summed E-state index contributed by atoms with van der Waals surface area (Å²) in [6, 6.07) is -0.0218. The van der Waals surface area contributed by atoms with Crippen LogP contribution in [0.2, 0.25) is 0 Å². The number of imidazole rings is 1. The molecule has 2 aromatic heterocycles. The molecule has 3 heterocycles. The zero-order chi connectivity index (χ0) is 13.2. The minimum absolute atomic E-state index is 0.0218. The van der Waals surface area contributed by atoms with Crippen LogP contribution in [0.3, 0.4) is 0 Å². The van der Waals surface area contributed by atoms with Crippen LogP contribution in [0.15, 0.2) is 6.33 Å². The lowest BCUT2D eigenvalue weighted by atomic mass is 10.1. The van der Waals surface area contributed by atoms with Crippen molar-refractivity contribution in [1.29, 1.82) is 0 Å². The maximum absolute atomic E-state index is 11.5. The molecule has 0 fully saturated rings. The molecule has 3 rings (SSSR count). The number of H-pyrrole nitrogens is 2. The van der Waals surface area contributed by atoms with Gasteiger partial charge in [-0.05, 0) is 6.92 Å². The molecule has 100 valence electrons. The van der Waals surface area contributed by atoms with Crippen molar-refractivity contribution >= 4 is 5.97 Å². The molecule has 0 amide bonds. The van der Waals surface area contributed by atoms with Crippen LogP contribution in [0.4, 0.5) is 0 Å². The van der Waals surface area contributed by atoms with E-state index in [0.717, 1.165) is 11.4 Å². The second-order valence-electron chi connectivity index (χ2n) is 4.23. The molecule has 0 radical (unpaired) electrons. The average Bonchev–Trinajstić information content (AvgIpc) is 3.07. The maximum Gasteiger partial charge on any atom is 0.378 e. The number of hydrogen-bond acceptors (Lipinski definition) is 6. The first-order valence-corrected chi connectivity index (χ1v) is 6.12. The zero-order valence-electron chi connectivity index (χ0n) is 10.4. The highest BCUT2D eigenvalue weighted by molar-refractivity contribution is 5.84. The Bertz CT molecular complexity index is 590. The van der Waals surface area contributed by atoms with Crippen LogP contribution in [-0.2, 0) is 17.7 Å². The van der Waals surface area contributed by atoms with Gasteiger partial charge in [-0.15, -0.1) is 5.10 Å². The molecule has 1 aliphatic rings. The van der Waals surface area contributed by atoms with Crippen LogP contribution in [0, 0.1) is 0 Å². The molecular formula is C11H14N6O2. The predicted octanol–water partition coefficient (Wildman–Crippen LogP) is 0.0915. The third kappa shape index (κ3) is 2.22. The molecule has 19 heavy (non-hydrogen) atoms. The Labute approximate surface area is 109 Å². The van der Waals surface area contributed by atoms with Gasteiger partial charge >= 0.3 is 5.97 Å². The van der Waals surface area contributed by atoms with Gasteiger partial charge in [0.2, 0.25) is 0 Å². The van der Waals surface area contributed by atoms with E-state index in [-0.39, 0.29) is 11.9 Å². The number of rotatable bonds is 3. The first-order chi connectivity index (χ1) is 9.28. The fraction of sp³-hybridized carbons (Fsp3) is 0.455. The SMILES string of the molecule is CCOC(=O)c1n[nH]c(C2Cc3nc[nH]c3CN2)n1. The largest absolute Gasteiger partial charge is 0.460 e. The van der Waals surface area contributed by atoms with Crippen LogP contribution in [0.1, 0.15) is 40.8 Å². The lowest BCUT2D eigenvalue weighted by molar-refractivity contribution is 0.0512. The molecular weight excluding hydrogens is 248 g/mol. The van der Waals surface area contributed by atoms with E-state index in [9.17, 15) is 4.79 Å². The predicted molar refractivity (Wildman–Crippen MR) is 64.2 cm³/mol. The molecule has 3 N–H and O–H groups in total. The number of hydrogen-bond donors (Lipinski definition) is 3. The van der Waals surface area contributed by atoms with Crippen LogP contribution in [0.25, 0.3) is 0 Å². The van der Waals surface area contributed by atoms with Crippen molar-refractivity contribution in [2.45, 2.75) is 25.9 Å². The van der Waals surface area contributed by atoms with Gasteiger partial charge < -0.3 is 15.0 Å². The van der Waals surface area contributed by atoms with Gasteiger partial charge in [-0.1, -0.05) is 0 Å². The van der Waals surface area contributed by atoms with E-state index in [0.29, 0.717) is 25.4 Å². The minimum Gasteiger partial charge on any atom is -0.460 e. The van der Waals surface area contributed by atoms with Crippen LogP contribution >= 0.6 is 0 Å². The Morgan fingerprint density at radius 3 is 3.32 bits per heavy atom. The fourth-order valence-electron chi connectivity index (χ4n) is 2.08. The number of aromatic nitrogens is 5. The molecule has 8 heteroatoms. The Morgan fingerprint density at radius 1 is 1.58 bits per heavy atom. The first-order valence-electron chi connectivity index (χ1n) is 6.12. The minimum atomic E-state index is -0.513. The molecule has 0 aliphatic carbocycles. The van der Waals surface area contributed by atoms with Crippen LogP contribution in [-0.4, -0.2) is 37.7 Å². The lowest BCUT2D eigenvalue weighted by Crippen LogP contribution is -2.29. The number of carbonyl (C=O) groups is 1. The Kier molecular flexibility index (Phi) is 3.00. The van der Waals surface area contributed by atoms with E-state index in [1.807, 2.05) is 0 Å². The van der Waals surface area contributed by atoms with Gasteiger partial charge in [-0.2, -0.15) is 0 Å². The summed E-state index contributed by atoms with van der Waals surface area (Å²) in [5.41, 5.74) is 2.10. The number of fused-ring (bicyclic) bond motifs is 1. The van der Waals surface area contributed by atoms with E-state index in [1.165, 1.54) is 0 Å². The topological polar surface area (TPSA) is 109 Å². The Morgan fingerprint density at radius 2 is 2.47 bits per heavy atom. The molecule has 2 aromatic rings. The highest BCUT2D eigenvalue weighted by Crippen LogP contribution is 2.21. The number of esters is 1. The summed E-state index contributed by atoms with van der Waals surface area (Å²) >= 11 is 0. The lowest BCUT2D eigenvalue weighted by Gasteiger charge is -2.20. The Hall–Kier alpha value is -2.22. The maximum atomic E-state index is 11.5. The zero-order valence-corrected chi connectivity index (χ0v) is 10.4. The fourth-order valence-corrected chi connectivity index (χ4v) is 2.08. The summed E-state index contributed by atoms with van der Waals surface area (Å²) in [7, 11) is 0. The monoisotopic (exact) mass is 262 g/mol. The van der Waals surface area contributed by atoms with Crippen molar-refractivity contribution in [2.75, 3.05) is 6.61 Å². The van der Waals surface area contributed by atoms with E-state index in [2.05, 4.69) is 30.5 Å². The van der Waals surface area contributed by atoms with Crippen molar-refractivity contribution < 1.29 is 9.53 Å². The Balaban J connectivity index is 1.75. The summed E-state index contributed by atoms with van der Waals surface area (Å²) < 4.78 is 4.85. The average molecular weight is 262 g/mol. The third-order valence-electron chi connectivity index (χ3n) is 3.02. The van der Waals surface area contributed by atoms with Crippen LogP contribution in [0.5, 0.6) is 0 Å². The van der Waals surface area contributed by atoms with Gasteiger partial charge in [0.15, 0.2) is 0 Å². The molecule has 1 unspecified atom stereocenters. The molecule has 0 spiro atoms. The van der Waals surface area contributed by atoms with E-state index < -0.39 is 5.97 Å². The van der Waals surface area contributed by atoms with E-state index in [1.54, 1.807) is 13.3 Å². The van der Waals surface area contributed by atoms with Gasteiger partial charge in [0.05, 0.1) is 30.4 Å². The second kappa shape index (κ2) is 4.81. The number of aromatic amines is 2. The quantitative estimate of drug-likeness (QED) is 0.676. The van der Waals surface area contributed by atoms with Gasteiger partial charge in [0, 0.05) is 13.0 Å².